The summed E-state index contributed by atoms with van der Waals surface area (Å²) in [6.45, 7) is 9.52. The zero-order valence-corrected chi connectivity index (χ0v) is 24.5. The SMILES string of the molecule is CC[C@H]1[C@@H](O)[C@@H]2[C@H](CC[C@]3(C)[C@@H]([C@H](C)CCOC(=O)NS(=O)(=O)N(C)C)CC[C@@H]23)[C@@]2(C)CC[C@@H](O)C[C@@H]12. The van der Waals surface area contributed by atoms with Crippen LogP contribution in [0.3, 0.4) is 0 Å². The molecule has 9 heteroatoms. The summed E-state index contributed by atoms with van der Waals surface area (Å²) in [6.07, 6.45) is 7.51. The molecule has 0 bridgehead atoms. The van der Waals surface area contributed by atoms with Crippen LogP contribution < -0.4 is 4.72 Å². The van der Waals surface area contributed by atoms with Crippen LogP contribution in [0.25, 0.3) is 0 Å². The molecule has 1 amide bonds. The number of nitrogens with zero attached hydrogens (tertiary/aromatic N) is 1. The van der Waals surface area contributed by atoms with Crippen LogP contribution in [0.1, 0.15) is 85.5 Å². The van der Waals surface area contributed by atoms with E-state index in [4.69, 9.17) is 4.74 Å². The van der Waals surface area contributed by atoms with E-state index in [1.807, 2.05) is 4.72 Å². The van der Waals surface area contributed by atoms with E-state index in [-0.39, 0.29) is 35.6 Å². The molecule has 0 spiro atoms. The number of aliphatic hydroxyl groups excluding tert-OH is 2. The van der Waals surface area contributed by atoms with Crippen LogP contribution in [-0.2, 0) is 14.9 Å². The molecule has 3 N–H and O–H groups in total. The molecule has 0 aromatic heterocycles. The maximum absolute atomic E-state index is 12.0. The molecule has 37 heavy (non-hydrogen) atoms. The number of rotatable bonds is 7. The number of nitrogens with one attached hydrogen (secondary N) is 1. The highest BCUT2D eigenvalue weighted by Crippen LogP contribution is 2.69. The highest BCUT2D eigenvalue weighted by molar-refractivity contribution is 7.87. The lowest BCUT2D eigenvalue weighted by Crippen LogP contribution is -2.62. The van der Waals surface area contributed by atoms with Gasteiger partial charge in [0, 0.05) is 14.1 Å². The third-order valence-electron chi connectivity index (χ3n) is 11.6. The topological polar surface area (TPSA) is 116 Å². The maximum Gasteiger partial charge on any atom is 0.421 e. The molecular weight excluding hydrogens is 492 g/mol. The zero-order valence-electron chi connectivity index (χ0n) is 23.7. The molecule has 4 aliphatic carbocycles. The van der Waals surface area contributed by atoms with Gasteiger partial charge in [0.15, 0.2) is 0 Å². The average molecular weight is 543 g/mol. The number of carbonyl (C=O) groups is 1. The fourth-order valence-electron chi connectivity index (χ4n) is 9.70. The molecule has 0 radical (unpaired) electrons. The average Bonchev–Trinajstić information content (AvgIpc) is 3.17. The summed E-state index contributed by atoms with van der Waals surface area (Å²) >= 11 is 0. The van der Waals surface area contributed by atoms with E-state index in [1.54, 1.807) is 0 Å². The minimum absolute atomic E-state index is 0.147. The molecule has 4 rings (SSSR count). The van der Waals surface area contributed by atoms with Crippen molar-refractivity contribution in [3.05, 3.63) is 0 Å². The zero-order chi connectivity index (χ0) is 27.3. The van der Waals surface area contributed by atoms with Crippen molar-refractivity contribution in [1.29, 1.82) is 0 Å². The van der Waals surface area contributed by atoms with Gasteiger partial charge in [-0.25, -0.2) is 9.52 Å². The molecule has 0 saturated heterocycles. The third-order valence-corrected chi connectivity index (χ3v) is 13.0. The molecular formula is C28H50N2O6S. The second-order valence-electron chi connectivity index (χ2n) is 13.4. The predicted molar refractivity (Wildman–Crippen MR) is 143 cm³/mol. The summed E-state index contributed by atoms with van der Waals surface area (Å²) in [5, 5.41) is 22.3. The van der Waals surface area contributed by atoms with Crippen LogP contribution in [0.2, 0.25) is 0 Å². The Balaban J connectivity index is 1.44. The van der Waals surface area contributed by atoms with Crippen LogP contribution in [-0.4, -0.2) is 61.9 Å². The van der Waals surface area contributed by atoms with E-state index in [9.17, 15) is 23.4 Å². The van der Waals surface area contributed by atoms with Crippen molar-refractivity contribution >= 4 is 16.3 Å². The minimum atomic E-state index is -3.86. The van der Waals surface area contributed by atoms with Gasteiger partial charge in [-0.3, -0.25) is 0 Å². The molecule has 4 saturated carbocycles. The van der Waals surface area contributed by atoms with E-state index >= 15 is 0 Å². The molecule has 0 aromatic carbocycles. The number of ether oxygens (including phenoxy) is 1. The highest BCUT2D eigenvalue weighted by atomic mass is 32.2. The second kappa shape index (κ2) is 10.6. The molecule has 0 unspecified atom stereocenters. The standard InChI is InChI=1S/C28H50N2O6S/c1-7-19-23-16-18(31)10-13-28(23,4)22-11-14-27(3)20(8-9-21(27)24(22)25(19)32)17(2)12-15-36-26(33)29-37(34,35)30(5)6/h17-25,31-32H,7-16H2,1-6H3,(H,29,33)/t17-,18-,19-,20-,21+,22+,23+,24+,25-,27-,28-/m1/s1. The number of carbonyl (C=O) groups excluding carboxylic acids is 1. The Hall–Kier alpha value is -0.900. The lowest BCUT2D eigenvalue weighted by atomic mass is 9.41. The van der Waals surface area contributed by atoms with Crippen molar-refractivity contribution in [3.8, 4) is 0 Å². The van der Waals surface area contributed by atoms with Gasteiger partial charge in [-0.15, -0.1) is 0 Å². The van der Waals surface area contributed by atoms with Gasteiger partial charge in [-0.05, 0) is 104 Å². The molecule has 0 aliphatic heterocycles. The van der Waals surface area contributed by atoms with Gasteiger partial charge in [0.2, 0.25) is 0 Å². The Morgan fingerprint density at radius 3 is 2.35 bits per heavy atom. The summed E-state index contributed by atoms with van der Waals surface area (Å²) in [4.78, 5) is 12.0. The Bertz CT molecular complexity index is 943. The van der Waals surface area contributed by atoms with Gasteiger partial charge < -0.3 is 14.9 Å². The highest BCUT2D eigenvalue weighted by Gasteiger charge is 2.64. The van der Waals surface area contributed by atoms with Crippen molar-refractivity contribution in [2.24, 2.45) is 52.3 Å². The Morgan fingerprint density at radius 1 is 1.05 bits per heavy atom. The van der Waals surface area contributed by atoms with Crippen molar-refractivity contribution in [2.75, 3.05) is 20.7 Å². The van der Waals surface area contributed by atoms with E-state index in [1.165, 1.54) is 14.1 Å². The minimum Gasteiger partial charge on any atom is -0.449 e. The number of amides is 1. The molecule has 214 valence electrons. The Morgan fingerprint density at radius 2 is 1.70 bits per heavy atom. The van der Waals surface area contributed by atoms with Crippen LogP contribution >= 0.6 is 0 Å². The molecule has 0 aromatic rings. The van der Waals surface area contributed by atoms with Crippen molar-refractivity contribution in [3.63, 3.8) is 0 Å². The van der Waals surface area contributed by atoms with E-state index in [0.29, 0.717) is 41.9 Å². The van der Waals surface area contributed by atoms with Gasteiger partial charge in [-0.1, -0.05) is 34.1 Å². The van der Waals surface area contributed by atoms with Crippen LogP contribution in [0.5, 0.6) is 0 Å². The van der Waals surface area contributed by atoms with Crippen molar-refractivity contribution in [1.82, 2.24) is 9.03 Å². The molecule has 4 fully saturated rings. The normalized spacial score (nSPS) is 44.5. The number of hydrogen-bond acceptors (Lipinski definition) is 6. The van der Waals surface area contributed by atoms with Crippen molar-refractivity contribution < 1.29 is 28.2 Å². The molecule has 0 heterocycles. The van der Waals surface area contributed by atoms with Gasteiger partial charge >= 0.3 is 16.3 Å². The summed E-state index contributed by atoms with van der Waals surface area (Å²) < 4.78 is 31.8. The largest absolute Gasteiger partial charge is 0.449 e. The summed E-state index contributed by atoms with van der Waals surface area (Å²) in [6, 6.07) is 0. The molecule has 4 aliphatic rings. The lowest BCUT2D eigenvalue weighted by molar-refractivity contribution is -0.203. The first-order chi connectivity index (χ1) is 17.3. The van der Waals surface area contributed by atoms with Gasteiger partial charge in [0.25, 0.3) is 0 Å². The molecule has 8 nitrogen and oxygen atoms in total. The number of fused-ring (bicyclic) bond motifs is 5. The molecule has 11 atom stereocenters. The Labute approximate surface area is 224 Å². The summed E-state index contributed by atoms with van der Waals surface area (Å²) in [7, 11) is -1.15. The van der Waals surface area contributed by atoms with E-state index < -0.39 is 16.3 Å². The maximum atomic E-state index is 12.0. The smallest absolute Gasteiger partial charge is 0.421 e. The van der Waals surface area contributed by atoms with Crippen LogP contribution in [0.4, 0.5) is 4.79 Å². The fraction of sp³-hybridized carbons (Fsp3) is 0.964. The van der Waals surface area contributed by atoms with E-state index in [2.05, 4.69) is 27.7 Å². The third kappa shape index (κ3) is 5.07. The van der Waals surface area contributed by atoms with Gasteiger partial charge in [0.05, 0.1) is 18.8 Å². The number of aliphatic hydroxyl groups is 2. The van der Waals surface area contributed by atoms with Gasteiger partial charge in [0.1, 0.15) is 0 Å². The van der Waals surface area contributed by atoms with Crippen LogP contribution in [0.15, 0.2) is 0 Å². The first-order valence-corrected chi connectivity index (χ1v) is 15.9. The quantitative estimate of drug-likeness (QED) is 0.445. The first kappa shape index (κ1) is 29.1. The predicted octanol–water partition coefficient (Wildman–Crippen LogP) is 4.17. The number of hydrogen-bond donors (Lipinski definition) is 3. The van der Waals surface area contributed by atoms with E-state index in [0.717, 1.165) is 55.7 Å². The van der Waals surface area contributed by atoms with Gasteiger partial charge in [-0.2, -0.15) is 12.7 Å². The lowest BCUT2D eigenvalue weighted by Gasteiger charge is -2.64. The monoisotopic (exact) mass is 542 g/mol. The second-order valence-corrected chi connectivity index (χ2v) is 15.3. The van der Waals surface area contributed by atoms with Crippen molar-refractivity contribution in [2.45, 2.75) is 97.7 Å². The first-order valence-electron chi connectivity index (χ1n) is 14.5. The summed E-state index contributed by atoms with van der Waals surface area (Å²) in [5.74, 6) is 2.79. The fourth-order valence-corrected chi connectivity index (χ4v) is 10.1. The Kier molecular flexibility index (Phi) is 8.32. The van der Waals surface area contributed by atoms with Crippen LogP contribution in [0, 0.1) is 52.3 Å². The summed E-state index contributed by atoms with van der Waals surface area (Å²) in [5.41, 5.74) is 0.344.